The summed E-state index contributed by atoms with van der Waals surface area (Å²) < 4.78 is 2.15. The number of pyridine rings is 1. The summed E-state index contributed by atoms with van der Waals surface area (Å²) in [4.78, 5) is 8.91. The van der Waals surface area contributed by atoms with E-state index in [1.807, 2.05) is 12.3 Å². The van der Waals surface area contributed by atoms with Crippen LogP contribution in [-0.2, 0) is 13.5 Å². The van der Waals surface area contributed by atoms with Crippen LogP contribution in [-0.4, -0.2) is 9.97 Å². The Kier molecular flexibility index (Phi) is 3.96. The van der Waals surface area contributed by atoms with Gasteiger partial charge < -0.3 is 0 Å². The lowest BCUT2D eigenvalue weighted by atomic mass is 10.0. The summed E-state index contributed by atoms with van der Waals surface area (Å²) in [7, 11) is 2.07. The van der Waals surface area contributed by atoms with Crippen molar-refractivity contribution in [3.8, 4) is 22.5 Å². The fourth-order valence-corrected chi connectivity index (χ4v) is 2.59. The Hall–Kier alpha value is -2.55. The molecule has 22 heavy (non-hydrogen) atoms. The van der Waals surface area contributed by atoms with Gasteiger partial charge in [-0.25, -0.2) is 14.5 Å². The molecule has 0 unspecified atom stereocenters. The van der Waals surface area contributed by atoms with Gasteiger partial charge in [-0.3, -0.25) is 0 Å². The second kappa shape index (κ2) is 6.06. The molecule has 0 amide bonds. The standard InChI is InChI=1S/C19H20N3/c1-4-19-20-11-9-17(21-19)15-10-12-22(3)18(13-15)16-8-6-5-7-14(16)2/h5-13H,4H2,1-3H3/q+1. The van der Waals surface area contributed by atoms with Crippen LogP contribution in [0.1, 0.15) is 18.3 Å². The molecule has 0 atom stereocenters. The number of aryl methyl sites for hydroxylation is 3. The number of nitrogens with zero attached hydrogens (tertiary/aromatic N) is 3. The first kappa shape index (κ1) is 14.4. The molecule has 0 N–H and O–H groups in total. The van der Waals surface area contributed by atoms with Gasteiger partial charge in [-0.2, -0.15) is 0 Å². The summed E-state index contributed by atoms with van der Waals surface area (Å²) in [5, 5.41) is 0. The molecule has 1 aromatic carbocycles. The van der Waals surface area contributed by atoms with Gasteiger partial charge in [0.1, 0.15) is 12.9 Å². The molecule has 2 heterocycles. The quantitative estimate of drug-likeness (QED) is 0.691. The van der Waals surface area contributed by atoms with E-state index in [4.69, 9.17) is 0 Å². The molecule has 3 rings (SSSR count). The Balaban J connectivity index is 2.12. The first-order valence-corrected chi connectivity index (χ1v) is 7.57. The van der Waals surface area contributed by atoms with Crippen LogP contribution < -0.4 is 4.57 Å². The normalized spacial score (nSPS) is 10.7. The monoisotopic (exact) mass is 290 g/mol. The lowest BCUT2D eigenvalue weighted by molar-refractivity contribution is -0.660. The van der Waals surface area contributed by atoms with Crippen LogP contribution in [0.3, 0.4) is 0 Å². The van der Waals surface area contributed by atoms with E-state index in [1.54, 1.807) is 0 Å². The van der Waals surface area contributed by atoms with Gasteiger partial charge in [-0.15, -0.1) is 0 Å². The molecule has 0 aliphatic heterocycles. The van der Waals surface area contributed by atoms with E-state index >= 15 is 0 Å². The molecule has 0 radical (unpaired) electrons. The van der Waals surface area contributed by atoms with Gasteiger partial charge in [0, 0.05) is 35.9 Å². The van der Waals surface area contributed by atoms with Crippen molar-refractivity contribution in [3.63, 3.8) is 0 Å². The van der Waals surface area contributed by atoms with E-state index in [1.165, 1.54) is 16.8 Å². The molecule has 0 saturated heterocycles. The van der Waals surface area contributed by atoms with Crippen LogP contribution >= 0.6 is 0 Å². The number of aromatic nitrogens is 3. The largest absolute Gasteiger partial charge is 0.241 e. The van der Waals surface area contributed by atoms with Crippen LogP contribution in [0.25, 0.3) is 22.5 Å². The minimum atomic E-state index is 0.846. The van der Waals surface area contributed by atoms with Gasteiger partial charge in [0.2, 0.25) is 5.69 Å². The second-order valence-electron chi connectivity index (χ2n) is 5.44. The zero-order chi connectivity index (χ0) is 15.5. The van der Waals surface area contributed by atoms with Crippen LogP contribution in [0.15, 0.2) is 54.9 Å². The van der Waals surface area contributed by atoms with E-state index < -0.39 is 0 Å². The highest BCUT2D eigenvalue weighted by Gasteiger charge is 2.14. The predicted octanol–water partition coefficient (Wildman–Crippen LogP) is 3.51. The molecule has 3 aromatic rings. The number of rotatable bonds is 3. The van der Waals surface area contributed by atoms with Crippen molar-refractivity contribution >= 4 is 0 Å². The van der Waals surface area contributed by atoms with Crippen LogP contribution in [0.2, 0.25) is 0 Å². The maximum atomic E-state index is 4.63. The lowest BCUT2D eigenvalue weighted by Gasteiger charge is -2.07. The molecule has 0 spiro atoms. The SMILES string of the molecule is CCc1nccc(-c2cc[n+](C)c(-c3ccccc3C)c2)n1. The Morgan fingerprint density at radius 1 is 1.09 bits per heavy atom. The summed E-state index contributed by atoms with van der Waals surface area (Å²) in [5.41, 5.74) is 5.80. The Morgan fingerprint density at radius 2 is 1.91 bits per heavy atom. The zero-order valence-corrected chi connectivity index (χ0v) is 13.2. The molecular formula is C19H20N3+. The third-order valence-electron chi connectivity index (χ3n) is 3.89. The number of hydrogen-bond acceptors (Lipinski definition) is 2. The molecule has 110 valence electrons. The second-order valence-corrected chi connectivity index (χ2v) is 5.44. The molecule has 0 fully saturated rings. The predicted molar refractivity (Wildman–Crippen MR) is 88.2 cm³/mol. The Bertz CT molecular complexity index is 809. The Labute approximate surface area is 131 Å². The van der Waals surface area contributed by atoms with Crippen molar-refractivity contribution in [2.45, 2.75) is 20.3 Å². The van der Waals surface area contributed by atoms with Crippen molar-refractivity contribution in [1.82, 2.24) is 9.97 Å². The van der Waals surface area contributed by atoms with Gasteiger partial charge in [-0.1, -0.05) is 25.1 Å². The van der Waals surface area contributed by atoms with Gasteiger partial charge in [-0.05, 0) is 24.6 Å². The molecule has 2 aromatic heterocycles. The highest BCUT2D eigenvalue weighted by Crippen LogP contribution is 2.24. The van der Waals surface area contributed by atoms with Crippen molar-refractivity contribution in [3.05, 3.63) is 66.2 Å². The zero-order valence-electron chi connectivity index (χ0n) is 13.2. The molecule has 0 aliphatic carbocycles. The average molecular weight is 290 g/mol. The smallest absolute Gasteiger partial charge is 0.213 e. The minimum Gasteiger partial charge on any atom is -0.241 e. The van der Waals surface area contributed by atoms with E-state index in [-0.39, 0.29) is 0 Å². The van der Waals surface area contributed by atoms with E-state index in [0.29, 0.717) is 0 Å². The third-order valence-corrected chi connectivity index (χ3v) is 3.89. The maximum absolute atomic E-state index is 4.63. The average Bonchev–Trinajstić information content (AvgIpc) is 2.56. The fourth-order valence-electron chi connectivity index (χ4n) is 2.59. The number of hydrogen-bond donors (Lipinski definition) is 0. The van der Waals surface area contributed by atoms with Gasteiger partial charge >= 0.3 is 0 Å². The third kappa shape index (κ3) is 2.75. The molecular weight excluding hydrogens is 270 g/mol. The van der Waals surface area contributed by atoms with Crippen molar-refractivity contribution in [2.75, 3.05) is 0 Å². The summed E-state index contributed by atoms with van der Waals surface area (Å²) in [6, 6.07) is 14.7. The summed E-state index contributed by atoms with van der Waals surface area (Å²) in [5.74, 6) is 0.878. The van der Waals surface area contributed by atoms with Crippen molar-refractivity contribution < 1.29 is 4.57 Å². The lowest BCUT2D eigenvalue weighted by Crippen LogP contribution is -2.30. The highest BCUT2D eigenvalue weighted by molar-refractivity contribution is 5.68. The topological polar surface area (TPSA) is 29.7 Å². The van der Waals surface area contributed by atoms with E-state index in [0.717, 1.165) is 23.5 Å². The molecule has 3 heteroatoms. The Morgan fingerprint density at radius 3 is 2.68 bits per heavy atom. The fraction of sp³-hybridized carbons (Fsp3) is 0.211. The molecule has 0 saturated carbocycles. The summed E-state index contributed by atoms with van der Waals surface area (Å²) in [6.07, 6.45) is 4.77. The van der Waals surface area contributed by atoms with Gasteiger partial charge in [0.25, 0.3) is 0 Å². The first-order chi connectivity index (χ1) is 10.7. The van der Waals surface area contributed by atoms with E-state index in [2.05, 4.69) is 78.0 Å². The van der Waals surface area contributed by atoms with Crippen LogP contribution in [0, 0.1) is 6.92 Å². The highest BCUT2D eigenvalue weighted by atomic mass is 14.9. The van der Waals surface area contributed by atoms with Gasteiger partial charge in [0.05, 0.1) is 5.69 Å². The maximum Gasteiger partial charge on any atom is 0.213 e. The minimum absolute atomic E-state index is 0.846. The van der Waals surface area contributed by atoms with Crippen LogP contribution in [0.4, 0.5) is 0 Å². The summed E-state index contributed by atoms with van der Waals surface area (Å²) >= 11 is 0. The van der Waals surface area contributed by atoms with Crippen molar-refractivity contribution in [2.24, 2.45) is 7.05 Å². The van der Waals surface area contributed by atoms with Crippen LogP contribution in [0.5, 0.6) is 0 Å². The molecule has 0 aliphatic rings. The first-order valence-electron chi connectivity index (χ1n) is 7.57. The summed E-state index contributed by atoms with van der Waals surface area (Å²) in [6.45, 7) is 4.21. The molecule has 3 nitrogen and oxygen atoms in total. The van der Waals surface area contributed by atoms with Gasteiger partial charge in [0.15, 0.2) is 6.20 Å². The van der Waals surface area contributed by atoms with Crippen molar-refractivity contribution in [1.29, 1.82) is 0 Å². The van der Waals surface area contributed by atoms with E-state index in [9.17, 15) is 0 Å². The molecule has 0 bridgehead atoms. The number of benzene rings is 1.